The van der Waals surface area contributed by atoms with Gasteiger partial charge in [-0.15, -0.1) is 0 Å². The molecule has 1 rings (SSSR count). The number of aryl methyl sites for hydroxylation is 1. The van der Waals surface area contributed by atoms with Crippen LogP contribution in [0.2, 0.25) is 0 Å². The van der Waals surface area contributed by atoms with E-state index in [-0.39, 0.29) is 22.6 Å². The van der Waals surface area contributed by atoms with E-state index < -0.39 is 0 Å². The number of nitrogens with zero attached hydrogens (tertiary/aromatic N) is 1. The fraction of sp³-hybridized carbons (Fsp3) is 0.455. The van der Waals surface area contributed by atoms with Gasteiger partial charge >= 0.3 is 0 Å². The Hall–Kier alpha value is -1.42. The number of nitro benzene ring substituents is 1. The van der Waals surface area contributed by atoms with Gasteiger partial charge in [0.25, 0.3) is 5.69 Å². The zero-order valence-corrected chi connectivity index (χ0v) is 9.23. The van der Waals surface area contributed by atoms with Gasteiger partial charge in [-0.3, -0.25) is 10.1 Å². The molecule has 0 aromatic heterocycles. The third-order valence-corrected chi connectivity index (χ3v) is 2.74. The van der Waals surface area contributed by atoms with Gasteiger partial charge in [-0.25, -0.2) is 0 Å². The Labute approximate surface area is 89.2 Å². The first-order valence-corrected chi connectivity index (χ1v) is 4.94. The van der Waals surface area contributed by atoms with Crippen LogP contribution >= 0.6 is 0 Å². The highest BCUT2D eigenvalue weighted by atomic mass is 16.6. The van der Waals surface area contributed by atoms with Crippen molar-refractivity contribution in [2.24, 2.45) is 5.73 Å². The molecule has 1 aromatic carbocycles. The van der Waals surface area contributed by atoms with Gasteiger partial charge in [0.2, 0.25) is 0 Å². The third-order valence-electron chi connectivity index (χ3n) is 2.74. The van der Waals surface area contributed by atoms with Crippen molar-refractivity contribution in [2.75, 3.05) is 0 Å². The Morgan fingerprint density at radius 3 is 2.40 bits per heavy atom. The zero-order valence-electron chi connectivity index (χ0n) is 9.23. The molecule has 4 nitrogen and oxygen atoms in total. The number of nitro groups is 1. The maximum absolute atomic E-state index is 10.5. The van der Waals surface area contributed by atoms with Gasteiger partial charge in [0.15, 0.2) is 0 Å². The molecule has 0 spiro atoms. The van der Waals surface area contributed by atoms with E-state index in [0.29, 0.717) is 0 Å². The highest BCUT2D eigenvalue weighted by molar-refractivity contribution is 5.41. The van der Waals surface area contributed by atoms with Gasteiger partial charge in [-0.2, -0.15) is 0 Å². The van der Waals surface area contributed by atoms with Crippen LogP contribution in [0.15, 0.2) is 18.2 Å². The number of rotatable bonds is 3. The maximum atomic E-state index is 10.5. The Morgan fingerprint density at radius 2 is 2.00 bits per heavy atom. The lowest BCUT2D eigenvalue weighted by Crippen LogP contribution is -2.23. The standard InChI is InChI=1S/C11H16N2O2/c1-7-6-10(13(14)15)4-5-11(7)8(2)9(3)12/h4-6,8-9H,12H2,1-3H3. The van der Waals surface area contributed by atoms with Crippen LogP contribution in [-0.4, -0.2) is 11.0 Å². The molecule has 1 aromatic rings. The predicted octanol–water partition coefficient (Wildman–Crippen LogP) is 2.35. The lowest BCUT2D eigenvalue weighted by Gasteiger charge is -2.17. The summed E-state index contributed by atoms with van der Waals surface area (Å²) in [4.78, 5) is 10.2. The Kier molecular flexibility index (Phi) is 3.42. The van der Waals surface area contributed by atoms with Crippen LogP contribution in [0, 0.1) is 17.0 Å². The van der Waals surface area contributed by atoms with Crippen molar-refractivity contribution in [1.82, 2.24) is 0 Å². The minimum Gasteiger partial charge on any atom is -0.327 e. The zero-order chi connectivity index (χ0) is 11.6. The van der Waals surface area contributed by atoms with E-state index in [9.17, 15) is 10.1 Å². The smallest absolute Gasteiger partial charge is 0.269 e. The number of hydrogen-bond acceptors (Lipinski definition) is 3. The van der Waals surface area contributed by atoms with Gasteiger partial charge in [0, 0.05) is 18.2 Å². The monoisotopic (exact) mass is 208 g/mol. The van der Waals surface area contributed by atoms with Crippen LogP contribution in [0.3, 0.4) is 0 Å². The molecule has 0 saturated heterocycles. The van der Waals surface area contributed by atoms with Crippen molar-refractivity contribution in [3.8, 4) is 0 Å². The molecule has 2 unspecified atom stereocenters. The predicted molar refractivity (Wildman–Crippen MR) is 59.9 cm³/mol. The summed E-state index contributed by atoms with van der Waals surface area (Å²) in [6.07, 6.45) is 0. The fourth-order valence-electron chi connectivity index (χ4n) is 1.57. The second-order valence-electron chi connectivity index (χ2n) is 3.95. The summed E-state index contributed by atoms with van der Waals surface area (Å²) in [6, 6.07) is 4.96. The van der Waals surface area contributed by atoms with Gasteiger partial charge in [-0.1, -0.05) is 13.0 Å². The number of non-ortho nitro benzene ring substituents is 1. The van der Waals surface area contributed by atoms with E-state index in [1.807, 2.05) is 20.8 Å². The molecule has 4 heteroatoms. The van der Waals surface area contributed by atoms with Crippen molar-refractivity contribution in [3.63, 3.8) is 0 Å². The van der Waals surface area contributed by atoms with Crippen LogP contribution in [0.5, 0.6) is 0 Å². The van der Waals surface area contributed by atoms with Crippen molar-refractivity contribution in [3.05, 3.63) is 39.4 Å². The van der Waals surface area contributed by atoms with E-state index >= 15 is 0 Å². The van der Waals surface area contributed by atoms with Crippen LogP contribution in [0.25, 0.3) is 0 Å². The summed E-state index contributed by atoms with van der Waals surface area (Å²) in [5.41, 5.74) is 7.94. The number of nitrogens with two attached hydrogens (primary N) is 1. The summed E-state index contributed by atoms with van der Waals surface area (Å²) >= 11 is 0. The van der Waals surface area contributed by atoms with E-state index in [1.165, 1.54) is 6.07 Å². The first-order chi connectivity index (χ1) is 6.93. The van der Waals surface area contributed by atoms with Crippen LogP contribution < -0.4 is 5.73 Å². The Bertz CT molecular complexity index is 375. The Balaban J connectivity index is 3.08. The molecular weight excluding hydrogens is 192 g/mol. The van der Waals surface area contributed by atoms with Crippen molar-refractivity contribution < 1.29 is 4.92 Å². The van der Waals surface area contributed by atoms with E-state index in [4.69, 9.17) is 5.73 Å². The molecule has 0 saturated carbocycles. The highest BCUT2D eigenvalue weighted by Crippen LogP contribution is 2.25. The van der Waals surface area contributed by atoms with Crippen LogP contribution in [0.1, 0.15) is 30.9 Å². The van der Waals surface area contributed by atoms with E-state index in [2.05, 4.69) is 0 Å². The second kappa shape index (κ2) is 4.40. The molecule has 0 aliphatic heterocycles. The van der Waals surface area contributed by atoms with Crippen LogP contribution in [-0.2, 0) is 0 Å². The summed E-state index contributed by atoms with van der Waals surface area (Å²) in [5.74, 6) is 0.214. The molecule has 2 atom stereocenters. The minimum atomic E-state index is -0.382. The molecule has 0 fully saturated rings. The average Bonchev–Trinajstić information content (AvgIpc) is 2.16. The van der Waals surface area contributed by atoms with Gasteiger partial charge in [-0.05, 0) is 30.9 Å². The first-order valence-electron chi connectivity index (χ1n) is 4.94. The SMILES string of the molecule is Cc1cc([N+](=O)[O-])ccc1C(C)C(C)N. The molecule has 0 heterocycles. The molecule has 0 aliphatic rings. The second-order valence-corrected chi connectivity index (χ2v) is 3.95. The first kappa shape index (κ1) is 11.7. The van der Waals surface area contributed by atoms with Gasteiger partial charge < -0.3 is 5.73 Å². The highest BCUT2D eigenvalue weighted by Gasteiger charge is 2.15. The molecule has 2 N–H and O–H groups in total. The van der Waals surface area contributed by atoms with E-state index in [0.717, 1.165) is 11.1 Å². The van der Waals surface area contributed by atoms with Crippen molar-refractivity contribution in [1.29, 1.82) is 0 Å². The number of hydrogen-bond donors (Lipinski definition) is 1. The third kappa shape index (κ3) is 2.53. The minimum absolute atomic E-state index is 0.0464. The molecule has 0 aliphatic carbocycles. The summed E-state index contributed by atoms with van der Waals surface area (Å²) in [6.45, 7) is 5.84. The van der Waals surface area contributed by atoms with Gasteiger partial charge in [0.1, 0.15) is 0 Å². The Morgan fingerprint density at radius 1 is 1.40 bits per heavy atom. The fourth-order valence-corrected chi connectivity index (χ4v) is 1.57. The topological polar surface area (TPSA) is 69.2 Å². The van der Waals surface area contributed by atoms with Gasteiger partial charge in [0.05, 0.1) is 4.92 Å². The van der Waals surface area contributed by atoms with Crippen molar-refractivity contribution in [2.45, 2.75) is 32.7 Å². The van der Waals surface area contributed by atoms with Crippen LogP contribution in [0.4, 0.5) is 5.69 Å². The summed E-state index contributed by atoms with van der Waals surface area (Å²) < 4.78 is 0. The molecule has 82 valence electrons. The summed E-state index contributed by atoms with van der Waals surface area (Å²) in [7, 11) is 0. The quantitative estimate of drug-likeness (QED) is 0.612. The van der Waals surface area contributed by atoms with E-state index in [1.54, 1.807) is 12.1 Å². The lowest BCUT2D eigenvalue weighted by molar-refractivity contribution is -0.384. The molecule has 0 amide bonds. The average molecular weight is 208 g/mol. The molecule has 0 bridgehead atoms. The number of benzene rings is 1. The molecule has 15 heavy (non-hydrogen) atoms. The maximum Gasteiger partial charge on any atom is 0.269 e. The summed E-state index contributed by atoms with van der Waals surface area (Å²) in [5, 5.41) is 10.5. The van der Waals surface area contributed by atoms with Crippen molar-refractivity contribution >= 4 is 5.69 Å². The normalized spacial score (nSPS) is 14.7. The lowest BCUT2D eigenvalue weighted by atomic mass is 9.91. The molecular formula is C11H16N2O2. The molecule has 0 radical (unpaired) electrons. The largest absolute Gasteiger partial charge is 0.327 e.